The molecule has 11 heavy (non-hydrogen) atoms. The fourth-order valence-electron chi connectivity index (χ4n) is 0.465. The van der Waals surface area contributed by atoms with Crippen molar-refractivity contribution in [1.29, 1.82) is 0 Å². The summed E-state index contributed by atoms with van der Waals surface area (Å²) in [7, 11) is 0. The van der Waals surface area contributed by atoms with Crippen LogP contribution in [0.2, 0.25) is 0 Å². The minimum absolute atomic E-state index is 0.0160. The monoisotopic (exact) mass is 286 g/mol. The molecule has 0 amide bonds. The SMILES string of the molecule is CC(C)(Br)C(C)(C)OCCBr. The number of alkyl halides is 2. The van der Waals surface area contributed by atoms with E-state index in [9.17, 15) is 0 Å². The van der Waals surface area contributed by atoms with Gasteiger partial charge in [0.15, 0.2) is 0 Å². The van der Waals surface area contributed by atoms with E-state index in [-0.39, 0.29) is 9.93 Å². The van der Waals surface area contributed by atoms with Gasteiger partial charge >= 0.3 is 0 Å². The standard InChI is InChI=1S/C8H16Br2O/c1-7(2,10)8(3,4)11-6-5-9/h5-6H2,1-4H3. The van der Waals surface area contributed by atoms with E-state index < -0.39 is 0 Å². The summed E-state index contributed by atoms with van der Waals surface area (Å²) in [5.41, 5.74) is -0.124. The summed E-state index contributed by atoms with van der Waals surface area (Å²) in [4.78, 5) is 0. The molecule has 0 saturated heterocycles. The first kappa shape index (κ1) is 11.9. The van der Waals surface area contributed by atoms with E-state index in [2.05, 4.69) is 59.6 Å². The lowest BCUT2D eigenvalue weighted by Crippen LogP contribution is -2.43. The van der Waals surface area contributed by atoms with Gasteiger partial charge in [-0.05, 0) is 27.7 Å². The smallest absolute Gasteiger partial charge is 0.0773 e. The van der Waals surface area contributed by atoms with Crippen molar-refractivity contribution in [2.24, 2.45) is 0 Å². The van der Waals surface area contributed by atoms with E-state index in [1.165, 1.54) is 0 Å². The van der Waals surface area contributed by atoms with Crippen LogP contribution in [-0.4, -0.2) is 21.9 Å². The van der Waals surface area contributed by atoms with Gasteiger partial charge in [0.2, 0.25) is 0 Å². The third kappa shape index (κ3) is 3.90. The van der Waals surface area contributed by atoms with Crippen molar-refractivity contribution in [3.05, 3.63) is 0 Å². The predicted octanol–water partition coefficient (Wildman–Crippen LogP) is 3.35. The lowest BCUT2D eigenvalue weighted by molar-refractivity contribution is -0.0277. The molecule has 0 N–H and O–H groups in total. The Hall–Kier alpha value is 0.920. The Labute approximate surface area is 86.1 Å². The van der Waals surface area contributed by atoms with Crippen molar-refractivity contribution >= 4 is 31.9 Å². The second kappa shape index (κ2) is 4.24. The molecule has 0 spiro atoms. The molecule has 1 nitrogen and oxygen atoms in total. The van der Waals surface area contributed by atoms with Gasteiger partial charge in [0, 0.05) is 9.65 Å². The van der Waals surface area contributed by atoms with Crippen molar-refractivity contribution in [3.8, 4) is 0 Å². The number of hydrogen-bond acceptors (Lipinski definition) is 1. The predicted molar refractivity (Wildman–Crippen MR) is 56.8 cm³/mol. The van der Waals surface area contributed by atoms with Gasteiger partial charge in [-0.3, -0.25) is 0 Å². The lowest BCUT2D eigenvalue weighted by atomic mass is 9.94. The molecule has 0 aromatic heterocycles. The number of hydrogen-bond donors (Lipinski definition) is 0. The van der Waals surface area contributed by atoms with Crippen molar-refractivity contribution in [3.63, 3.8) is 0 Å². The molecule has 0 aliphatic heterocycles. The van der Waals surface area contributed by atoms with Crippen LogP contribution in [0, 0.1) is 0 Å². The second-order valence-corrected chi connectivity index (χ2v) is 6.30. The van der Waals surface area contributed by atoms with Gasteiger partial charge in [-0.25, -0.2) is 0 Å². The summed E-state index contributed by atoms with van der Waals surface area (Å²) in [6, 6.07) is 0. The zero-order valence-corrected chi connectivity index (χ0v) is 10.8. The molecule has 0 fully saturated rings. The first-order chi connectivity index (χ1) is 4.81. The van der Waals surface area contributed by atoms with E-state index in [4.69, 9.17) is 4.74 Å². The van der Waals surface area contributed by atoms with Crippen LogP contribution in [0.15, 0.2) is 0 Å². The van der Waals surface area contributed by atoms with E-state index in [0.29, 0.717) is 0 Å². The topological polar surface area (TPSA) is 9.23 Å². The molecule has 0 aromatic carbocycles. The van der Waals surface area contributed by atoms with Gasteiger partial charge in [-0.1, -0.05) is 31.9 Å². The van der Waals surface area contributed by atoms with Crippen molar-refractivity contribution < 1.29 is 4.74 Å². The maximum Gasteiger partial charge on any atom is 0.0773 e. The van der Waals surface area contributed by atoms with Crippen LogP contribution in [0.4, 0.5) is 0 Å². The molecule has 0 aromatic rings. The summed E-state index contributed by atoms with van der Waals surface area (Å²) in [6.45, 7) is 9.15. The number of halogens is 2. The van der Waals surface area contributed by atoms with E-state index in [1.807, 2.05) is 0 Å². The third-order valence-corrected chi connectivity index (χ3v) is 3.25. The largest absolute Gasteiger partial charge is 0.373 e. The highest BCUT2D eigenvalue weighted by molar-refractivity contribution is 9.10. The number of rotatable bonds is 4. The van der Waals surface area contributed by atoms with Gasteiger partial charge in [0.1, 0.15) is 0 Å². The average molecular weight is 288 g/mol. The molecule has 0 saturated carbocycles. The minimum atomic E-state index is -0.124. The molecular formula is C8H16Br2O. The molecule has 0 bridgehead atoms. The molecular weight excluding hydrogens is 272 g/mol. The third-order valence-electron chi connectivity index (χ3n) is 1.97. The Kier molecular flexibility index (Phi) is 4.59. The quantitative estimate of drug-likeness (QED) is 0.721. The summed E-state index contributed by atoms with van der Waals surface area (Å²) < 4.78 is 5.67. The molecule has 0 heterocycles. The van der Waals surface area contributed by atoms with Crippen LogP contribution in [-0.2, 0) is 4.74 Å². The summed E-state index contributed by atoms with van der Waals surface area (Å²) in [5.74, 6) is 0. The highest BCUT2D eigenvalue weighted by Gasteiger charge is 2.35. The zero-order valence-electron chi connectivity index (χ0n) is 7.58. The van der Waals surface area contributed by atoms with Crippen LogP contribution in [0.1, 0.15) is 27.7 Å². The minimum Gasteiger partial charge on any atom is -0.373 e. The Bertz CT molecular complexity index is 116. The highest BCUT2D eigenvalue weighted by atomic mass is 79.9. The Morgan fingerprint density at radius 2 is 1.64 bits per heavy atom. The maximum atomic E-state index is 5.65. The van der Waals surface area contributed by atoms with Crippen molar-refractivity contribution in [2.75, 3.05) is 11.9 Å². The van der Waals surface area contributed by atoms with Crippen LogP contribution in [0.5, 0.6) is 0 Å². The summed E-state index contributed by atoms with van der Waals surface area (Å²) in [6.07, 6.45) is 0. The molecule has 0 unspecified atom stereocenters. The van der Waals surface area contributed by atoms with Gasteiger partial charge in [-0.15, -0.1) is 0 Å². The van der Waals surface area contributed by atoms with Gasteiger partial charge in [0.05, 0.1) is 12.2 Å². The fourth-order valence-corrected chi connectivity index (χ4v) is 0.742. The highest BCUT2D eigenvalue weighted by Crippen LogP contribution is 2.33. The van der Waals surface area contributed by atoms with Gasteiger partial charge in [-0.2, -0.15) is 0 Å². The van der Waals surface area contributed by atoms with Crippen LogP contribution < -0.4 is 0 Å². The van der Waals surface area contributed by atoms with Crippen LogP contribution in [0.3, 0.4) is 0 Å². The Balaban J connectivity index is 4.00. The van der Waals surface area contributed by atoms with Crippen LogP contribution >= 0.6 is 31.9 Å². The summed E-state index contributed by atoms with van der Waals surface area (Å²) >= 11 is 6.92. The van der Waals surface area contributed by atoms with Crippen molar-refractivity contribution in [2.45, 2.75) is 37.6 Å². The van der Waals surface area contributed by atoms with Gasteiger partial charge < -0.3 is 4.74 Å². The molecule has 0 aliphatic rings. The Morgan fingerprint density at radius 1 is 1.18 bits per heavy atom. The molecule has 0 radical (unpaired) electrons. The normalized spacial score (nSPS) is 13.6. The maximum absolute atomic E-state index is 5.65. The van der Waals surface area contributed by atoms with E-state index >= 15 is 0 Å². The molecule has 3 heteroatoms. The number of ether oxygens (including phenoxy) is 1. The zero-order chi connectivity index (χ0) is 9.12. The second-order valence-electron chi connectivity index (χ2n) is 3.52. The lowest BCUT2D eigenvalue weighted by Gasteiger charge is -2.36. The molecule has 0 atom stereocenters. The van der Waals surface area contributed by atoms with E-state index in [0.717, 1.165) is 11.9 Å². The van der Waals surface area contributed by atoms with Gasteiger partial charge in [0.25, 0.3) is 0 Å². The average Bonchev–Trinajstić information content (AvgIpc) is 1.81. The first-order valence-corrected chi connectivity index (χ1v) is 5.61. The first-order valence-electron chi connectivity index (χ1n) is 3.70. The molecule has 68 valence electrons. The van der Waals surface area contributed by atoms with Crippen LogP contribution in [0.25, 0.3) is 0 Å². The fraction of sp³-hybridized carbons (Fsp3) is 1.00. The van der Waals surface area contributed by atoms with Crippen molar-refractivity contribution in [1.82, 2.24) is 0 Å². The molecule has 0 aliphatic carbocycles. The Morgan fingerprint density at radius 3 is 1.91 bits per heavy atom. The molecule has 0 rings (SSSR count). The summed E-state index contributed by atoms with van der Waals surface area (Å²) in [5, 5.41) is 0.888. The van der Waals surface area contributed by atoms with E-state index in [1.54, 1.807) is 0 Å².